The van der Waals surface area contributed by atoms with E-state index < -0.39 is 0 Å². The Morgan fingerprint density at radius 3 is 2.48 bits per heavy atom. The van der Waals surface area contributed by atoms with Gasteiger partial charge in [-0.05, 0) is 39.0 Å². The van der Waals surface area contributed by atoms with Crippen LogP contribution < -0.4 is 10.6 Å². The molecule has 0 saturated heterocycles. The van der Waals surface area contributed by atoms with E-state index in [4.69, 9.17) is 4.74 Å². The molecule has 0 saturated carbocycles. The maximum absolute atomic E-state index is 5.76. The van der Waals surface area contributed by atoms with Crippen molar-refractivity contribution in [3.63, 3.8) is 0 Å². The van der Waals surface area contributed by atoms with Crippen molar-refractivity contribution in [2.24, 2.45) is 10.9 Å². The maximum Gasteiger partial charge on any atom is 0.191 e. The minimum Gasteiger partial charge on any atom is -0.378 e. The molecule has 0 heterocycles. The van der Waals surface area contributed by atoms with Crippen LogP contribution in [-0.4, -0.2) is 37.8 Å². The zero-order valence-electron chi connectivity index (χ0n) is 13.9. The Morgan fingerprint density at radius 2 is 1.95 bits per heavy atom. The lowest BCUT2D eigenvalue weighted by molar-refractivity contribution is 0.0266. The first kappa shape index (κ1) is 20.7. The molecule has 1 atom stereocenters. The summed E-state index contributed by atoms with van der Waals surface area (Å²) in [6.45, 7) is 11.0. The first-order valence-electron chi connectivity index (χ1n) is 7.98. The molecular weight excluding hydrogens is 377 g/mol. The number of ether oxygens (including phenoxy) is 1. The van der Waals surface area contributed by atoms with Gasteiger partial charge in [-0.15, -0.1) is 24.0 Å². The van der Waals surface area contributed by atoms with Crippen molar-refractivity contribution in [2.45, 2.75) is 59.1 Å². The third kappa shape index (κ3) is 8.66. The van der Waals surface area contributed by atoms with E-state index in [0.29, 0.717) is 18.1 Å². The smallest absolute Gasteiger partial charge is 0.191 e. The normalized spacial score (nSPS) is 16.9. The van der Waals surface area contributed by atoms with E-state index in [-0.39, 0.29) is 24.0 Å². The molecule has 0 aromatic carbocycles. The third-order valence-corrected chi connectivity index (χ3v) is 3.50. The lowest BCUT2D eigenvalue weighted by Gasteiger charge is -2.21. The SMILES string of the molecule is CCNC(=NCCC(OCC)C(C)C)NC1CC=CC1.I. The molecule has 0 fully saturated rings. The summed E-state index contributed by atoms with van der Waals surface area (Å²) in [4.78, 5) is 4.67. The van der Waals surface area contributed by atoms with Gasteiger partial charge in [-0.25, -0.2) is 0 Å². The molecule has 1 unspecified atom stereocenters. The highest BCUT2D eigenvalue weighted by atomic mass is 127. The summed E-state index contributed by atoms with van der Waals surface area (Å²) in [5, 5.41) is 6.80. The molecule has 0 amide bonds. The highest BCUT2D eigenvalue weighted by molar-refractivity contribution is 14.0. The minimum atomic E-state index is 0. The van der Waals surface area contributed by atoms with Crippen LogP contribution >= 0.6 is 24.0 Å². The number of nitrogens with one attached hydrogen (secondary N) is 2. The fraction of sp³-hybridized carbons (Fsp3) is 0.812. The fourth-order valence-electron chi connectivity index (χ4n) is 2.38. The summed E-state index contributed by atoms with van der Waals surface area (Å²) in [6.07, 6.45) is 7.93. The van der Waals surface area contributed by atoms with Crippen molar-refractivity contribution in [1.82, 2.24) is 10.6 Å². The summed E-state index contributed by atoms with van der Waals surface area (Å²) in [6, 6.07) is 0.501. The molecule has 5 heteroatoms. The van der Waals surface area contributed by atoms with Gasteiger partial charge in [0.2, 0.25) is 0 Å². The topological polar surface area (TPSA) is 45.7 Å². The summed E-state index contributed by atoms with van der Waals surface area (Å²) in [7, 11) is 0. The quantitative estimate of drug-likeness (QED) is 0.280. The van der Waals surface area contributed by atoms with Gasteiger partial charge in [0, 0.05) is 25.7 Å². The van der Waals surface area contributed by atoms with Crippen LogP contribution in [0.25, 0.3) is 0 Å². The van der Waals surface area contributed by atoms with Gasteiger partial charge in [0.15, 0.2) is 5.96 Å². The Hall–Kier alpha value is -0.300. The third-order valence-electron chi connectivity index (χ3n) is 3.50. The Bertz CT molecular complexity index is 311. The number of rotatable bonds is 8. The molecular formula is C16H32IN3O. The number of aliphatic imine (C=N–C) groups is 1. The molecule has 124 valence electrons. The summed E-state index contributed by atoms with van der Waals surface area (Å²) >= 11 is 0. The van der Waals surface area contributed by atoms with Crippen molar-refractivity contribution >= 4 is 29.9 Å². The summed E-state index contributed by atoms with van der Waals surface area (Å²) in [5.74, 6) is 1.47. The zero-order valence-corrected chi connectivity index (χ0v) is 16.2. The van der Waals surface area contributed by atoms with E-state index in [1.165, 1.54) is 0 Å². The van der Waals surface area contributed by atoms with Crippen LogP contribution in [-0.2, 0) is 4.74 Å². The van der Waals surface area contributed by atoms with E-state index in [1.54, 1.807) is 0 Å². The van der Waals surface area contributed by atoms with Gasteiger partial charge in [0.05, 0.1) is 6.10 Å². The largest absolute Gasteiger partial charge is 0.378 e. The monoisotopic (exact) mass is 409 g/mol. The van der Waals surface area contributed by atoms with Crippen molar-refractivity contribution in [3.8, 4) is 0 Å². The summed E-state index contributed by atoms with van der Waals surface area (Å²) in [5.41, 5.74) is 0. The lowest BCUT2D eigenvalue weighted by Crippen LogP contribution is -2.42. The van der Waals surface area contributed by atoms with Gasteiger partial charge >= 0.3 is 0 Å². The molecule has 1 aliphatic rings. The van der Waals surface area contributed by atoms with Crippen LogP contribution in [0, 0.1) is 5.92 Å². The molecule has 0 spiro atoms. The van der Waals surface area contributed by atoms with E-state index >= 15 is 0 Å². The number of guanidine groups is 1. The molecule has 1 aliphatic carbocycles. The van der Waals surface area contributed by atoms with Crippen LogP contribution in [0.1, 0.15) is 47.0 Å². The van der Waals surface area contributed by atoms with Crippen LogP contribution in [0.4, 0.5) is 0 Å². The molecule has 0 bridgehead atoms. The van der Waals surface area contributed by atoms with Gasteiger partial charge < -0.3 is 15.4 Å². The van der Waals surface area contributed by atoms with Gasteiger partial charge in [-0.1, -0.05) is 26.0 Å². The first-order chi connectivity index (χ1) is 9.67. The van der Waals surface area contributed by atoms with Crippen LogP contribution in [0.3, 0.4) is 0 Å². The molecule has 0 aliphatic heterocycles. The number of hydrogen-bond donors (Lipinski definition) is 2. The average molecular weight is 409 g/mol. The second-order valence-electron chi connectivity index (χ2n) is 5.57. The van der Waals surface area contributed by atoms with E-state index in [1.807, 2.05) is 0 Å². The predicted octanol–water partition coefficient (Wildman–Crippen LogP) is 3.33. The van der Waals surface area contributed by atoms with Crippen LogP contribution in [0.15, 0.2) is 17.1 Å². The fourth-order valence-corrected chi connectivity index (χ4v) is 2.38. The van der Waals surface area contributed by atoms with Gasteiger partial charge in [0.1, 0.15) is 0 Å². The first-order valence-corrected chi connectivity index (χ1v) is 7.98. The van der Waals surface area contributed by atoms with E-state index in [2.05, 4.69) is 55.5 Å². The molecule has 0 aromatic heterocycles. The van der Waals surface area contributed by atoms with E-state index in [0.717, 1.165) is 44.9 Å². The lowest BCUT2D eigenvalue weighted by atomic mass is 10.0. The Morgan fingerprint density at radius 1 is 1.29 bits per heavy atom. The number of nitrogens with zero attached hydrogens (tertiary/aromatic N) is 1. The standard InChI is InChI=1S/C16H31N3O.HI/c1-5-17-16(19-14-9-7-8-10-14)18-12-11-15(13(3)4)20-6-2;/h7-8,13-15H,5-6,9-12H2,1-4H3,(H2,17,18,19);1H. The molecule has 2 N–H and O–H groups in total. The second-order valence-corrected chi connectivity index (χ2v) is 5.57. The Kier molecular flexibility index (Phi) is 12.1. The van der Waals surface area contributed by atoms with Crippen LogP contribution in [0.5, 0.6) is 0 Å². The molecule has 1 rings (SSSR count). The average Bonchev–Trinajstić information content (AvgIpc) is 2.90. The highest BCUT2D eigenvalue weighted by Crippen LogP contribution is 2.11. The predicted molar refractivity (Wildman–Crippen MR) is 102 cm³/mol. The number of hydrogen-bond acceptors (Lipinski definition) is 2. The molecule has 0 aromatic rings. The zero-order chi connectivity index (χ0) is 14.8. The van der Waals surface area contributed by atoms with E-state index in [9.17, 15) is 0 Å². The van der Waals surface area contributed by atoms with Crippen molar-refractivity contribution < 1.29 is 4.74 Å². The van der Waals surface area contributed by atoms with Crippen molar-refractivity contribution in [3.05, 3.63) is 12.2 Å². The van der Waals surface area contributed by atoms with Crippen molar-refractivity contribution in [2.75, 3.05) is 19.7 Å². The van der Waals surface area contributed by atoms with Crippen LogP contribution in [0.2, 0.25) is 0 Å². The Labute approximate surface area is 147 Å². The van der Waals surface area contributed by atoms with Crippen molar-refractivity contribution in [1.29, 1.82) is 0 Å². The Balaban J connectivity index is 0.00000400. The van der Waals surface area contributed by atoms with Gasteiger partial charge in [0.25, 0.3) is 0 Å². The summed E-state index contributed by atoms with van der Waals surface area (Å²) < 4.78 is 5.76. The number of halogens is 1. The second kappa shape index (κ2) is 12.3. The van der Waals surface area contributed by atoms with Gasteiger partial charge in [-0.2, -0.15) is 0 Å². The molecule has 21 heavy (non-hydrogen) atoms. The molecule has 0 radical (unpaired) electrons. The minimum absolute atomic E-state index is 0. The molecule has 4 nitrogen and oxygen atoms in total. The van der Waals surface area contributed by atoms with Gasteiger partial charge in [-0.3, -0.25) is 4.99 Å². The highest BCUT2D eigenvalue weighted by Gasteiger charge is 2.14. The maximum atomic E-state index is 5.76.